The van der Waals surface area contributed by atoms with Gasteiger partial charge < -0.3 is 10.4 Å². The molecule has 1 amide bonds. The zero-order valence-electron chi connectivity index (χ0n) is 11.7. The van der Waals surface area contributed by atoms with Crippen LogP contribution in [0.3, 0.4) is 0 Å². The number of hydrogen-bond donors (Lipinski definition) is 2. The third-order valence-corrected chi connectivity index (χ3v) is 4.80. The second kappa shape index (κ2) is 5.78. The predicted molar refractivity (Wildman–Crippen MR) is 87.4 cm³/mol. The Morgan fingerprint density at radius 3 is 2.52 bits per heavy atom. The quantitative estimate of drug-likeness (QED) is 0.890. The van der Waals surface area contributed by atoms with Gasteiger partial charge in [-0.3, -0.25) is 4.79 Å². The number of halogens is 1. The van der Waals surface area contributed by atoms with Crippen LogP contribution in [0, 0.1) is 0 Å². The molecular formula is C17H18BrNO2. The first-order valence-electron chi connectivity index (χ1n) is 7.25. The highest BCUT2D eigenvalue weighted by Crippen LogP contribution is 2.29. The first-order valence-corrected chi connectivity index (χ1v) is 8.04. The molecule has 2 aromatic carbocycles. The average molecular weight is 348 g/mol. The summed E-state index contributed by atoms with van der Waals surface area (Å²) in [6.45, 7) is 0.0132. The van der Waals surface area contributed by atoms with Gasteiger partial charge in [0, 0.05) is 10.0 Å². The van der Waals surface area contributed by atoms with Crippen molar-refractivity contribution in [3.8, 4) is 0 Å². The van der Waals surface area contributed by atoms with Crippen LogP contribution in [0.4, 0.5) is 0 Å². The topological polar surface area (TPSA) is 49.3 Å². The van der Waals surface area contributed by atoms with Gasteiger partial charge in [0.1, 0.15) is 0 Å². The van der Waals surface area contributed by atoms with Gasteiger partial charge in [0.25, 0.3) is 5.91 Å². The van der Waals surface area contributed by atoms with E-state index in [1.54, 1.807) is 0 Å². The highest BCUT2D eigenvalue weighted by molar-refractivity contribution is 9.10. The zero-order valence-corrected chi connectivity index (χ0v) is 13.3. The maximum absolute atomic E-state index is 12.4. The Bertz CT molecular complexity index is 678. The van der Waals surface area contributed by atoms with E-state index in [9.17, 15) is 9.90 Å². The maximum atomic E-state index is 12.4. The van der Waals surface area contributed by atoms with Crippen molar-refractivity contribution in [3.05, 3.63) is 46.4 Å². The fraction of sp³-hybridized carbons (Fsp3) is 0.353. The molecule has 2 N–H and O–H groups in total. The number of carbonyl (C=O) groups excluding carboxylic acids is 1. The number of aliphatic hydroxyl groups excluding tert-OH is 1. The molecule has 0 aromatic heterocycles. The number of hydrogen-bond acceptors (Lipinski definition) is 2. The molecule has 0 heterocycles. The first kappa shape index (κ1) is 14.5. The van der Waals surface area contributed by atoms with E-state index in [0.29, 0.717) is 5.56 Å². The lowest BCUT2D eigenvalue weighted by atomic mass is 9.98. The van der Waals surface area contributed by atoms with Crippen molar-refractivity contribution in [3.63, 3.8) is 0 Å². The van der Waals surface area contributed by atoms with Gasteiger partial charge in [0.05, 0.1) is 12.1 Å². The molecule has 1 aliphatic carbocycles. The molecule has 3 nitrogen and oxygen atoms in total. The molecule has 0 aliphatic heterocycles. The number of nitrogens with one attached hydrogen (secondary N) is 1. The van der Waals surface area contributed by atoms with E-state index in [2.05, 4.69) is 21.2 Å². The van der Waals surface area contributed by atoms with E-state index < -0.39 is 5.54 Å². The zero-order chi connectivity index (χ0) is 14.9. The summed E-state index contributed by atoms with van der Waals surface area (Å²) in [6.07, 6.45) is 3.84. The van der Waals surface area contributed by atoms with Crippen LogP contribution in [0.15, 0.2) is 40.9 Å². The van der Waals surface area contributed by atoms with Gasteiger partial charge in [0.15, 0.2) is 0 Å². The maximum Gasteiger partial charge on any atom is 0.251 e. The number of fused-ring (bicyclic) bond motifs is 1. The van der Waals surface area contributed by atoms with Crippen LogP contribution in [0.1, 0.15) is 36.0 Å². The summed E-state index contributed by atoms with van der Waals surface area (Å²) >= 11 is 3.45. The second-order valence-corrected chi connectivity index (χ2v) is 6.72. The molecule has 0 radical (unpaired) electrons. The number of benzene rings is 2. The molecule has 0 spiro atoms. The molecular weight excluding hydrogens is 330 g/mol. The lowest BCUT2D eigenvalue weighted by molar-refractivity contribution is 0.0838. The Labute approximate surface area is 132 Å². The second-order valence-electron chi connectivity index (χ2n) is 5.81. The fourth-order valence-electron chi connectivity index (χ4n) is 3.05. The summed E-state index contributed by atoms with van der Waals surface area (Å²) in [4.78, 5) is 12.4. The molecule has 110 valence electrons. The van der Waals surface area contributed by atoms with E-state index >= 15 is 0 Å². The lowest BCUT2D eigenvalue weighted by Gasteiger charge is -2.28. The molecule has 0 saturated heterocycles. The standard InChI is InChI=1S/C17H18BrNO2/c18-15-6-5-12-9-14(4-3-13(12)10-15)16(21)19-17(11-20)7-1-2-8-17/h3-6,9-10,20H,1-2,7-8,11H2,(H,19,21). The van der Waals surface area contributed by atoms with E-state index in [0.717, 1.165) is 40.9 Å². The number of carbonyl (C=O) groups is 1. The number of rotatable bonds is 3. The van der Waals surface area contributed by atoms with E-state index in [1.807, 2.05) is 36.4 Å². The first-order chi connectivity index (χ1) is 10.1. The molecule has 1 aliphatic rings. The molecule has 1 saturated carbocycles. The highest BCUT2D eigenvalue weighted by atomic mass is 79.9. The monoisotopic (exact) mass is 347 g/mol. The van der Waals surface area contributed by atoms with Crippen molar-refractivity contribution in [1.82, 2.24) is 5.32 Å². The van der Waals surface area contributed by atoms with Crippen molar-refractivity contribution in [2.75, 3.05) is 6.61 Å². The van der Waals surface area contributed by atoms with Crippen LogP contribution in [0.25, 0.3) is 10.8 Å². The van der Waals surface area contributed by atoms with Crippen molar-refractivity contribution in [1.29, 1.82) is 0 Å². The summed E-state index contributed by atoms with van der Waals surface area (Å²) in [5.74, 6) is -0.101. The molecule has 21 heavy (non-hydrogen) atoms. The lowest BCUT2D eigenvalue weighted by Crippen LogP contribution is -2.49. The summed E-state index contributed by atoms with van der Waals surface area (Å²) in [5.41, 5.74) is 0.218. The summed E-state index contributed by atoms with van der Waals surface area (Å²) in [5, 5.41) is 14.8. The van der Waals surface area contributed by atoms with Crippen LogP contribution in [-0.2, 0) is 0 Å². The predicted octanol–water partition coefficient (Wildman–Crippen LogP) is 3.64. The van der Waals surface area contributed by atoms with Crippen molar-refractivity contribution >= 4 is 32.6 Å². The van der Waals surface area contributed by atoms with E-state index in [-0.39, 0.29) is 12.5 Å². The minimum atomic E-state index is -0.425. The average Bonchev–Trinajstić information content (AvgIpc) is 2.95. The van der Waals surface area contributed by atoms with Crippen LogP contribution in [-0.4, -0.2) is 23.2 Å². The van der Waals surface area contributed by atoms with Gasteiger partial charge in [-0.15, -0.1) is 0 Å². The largest absolute Gasteiger partial charge is 0.394 e. The minimum Gasteiger partial charge on any atom is -0.394 e. The van der Waals surface area contributed by atoms with Crippen LogP contribution < -0.4 is 5.32 Å². The Morgan fingerprint density at radius 2 is 1.81 bits per heavy atom. The Balaban J connectivity index is 1.86. The molecule has 3 rings (SSSR count). The molecule has 0 atom stereocenters. The Kier molecular flexibility index (Phi) is 4.00. The highest BCUT2D eigenvalue weighted by Gasteiger charge is 2.34. The van der Waals surface area contributed by atoms with Gasteiger partial charge in [-0.2, -0.15) is 0 Å². The van der Waals surface area contributed by atoms with Gasteiger partial charge in [-0.1, -0.05) is 40.9 Å². The van der Waals surface area contributed by atoms with Crippen molar-refractivity contribution < 1.29 is 9.90 Å². The molecule has 0 bridgehead atoms. The Morgan fingerprint density at radius 1 is 1.14 bits per heavy atom. The molecule has 0 unspecified atom stereocenters. The summed E-state index contributed by atoms with van der Waals surface area (Å²) < 4.78 is 1.03. The third kappa shape index (κ3) is 2.97. The minimum absolute atomic E-state index is 0.0132. The van der Waals surface area contributed by atoms with Crippen LogP contribution in [0.2, 0.25) is 0 Å². The van der Waals surface area contributed by atoms with Crippen molar-refractivity contribution in [2.45, 2.75) is 31.2 Å². The molecule has 1 fully saturated rings. The summed E-state index contributed by atoms with van der Waals surface area (Å²) in [6, 6.07) is 11.7. The molecule has 2 aromatic rings. The number of amides is 1. The van der Waals surface area contributed by atoms with Crippen LogP contribution in [0.5, 0.6) is 0 Å². The number of aliphatic hydroxyl groups is 1. The van der Waals surface area contributed by atoms with Gasteiger partial charge in [-0.25, -0.2) is 0 Å². The summed E-state index contributed by atoms with van der Waals surface area (Å²) in [7, 11) is 0. The van der Waals surface area contributed by atoms with E-state index in [4.69, 9.17) is 0 Å². The van der Waals surface area contributed by atoms with Gasteiger partial charge >= 0.3 is 0 Å². The molecule has 4 heteroatoms. The van der Waals surface area contributed by atoms with Crippen LogP contribution >= 0.6 is 15.9 Å². The Hall–Kier alpha value is -1.39. The third-order valence-electron chi connectivity index (χ3n) is 4.31. The van der Waals surface area contributed by atoms with Gasteiger partial charge in [-0.05, 0) is 47.9 Å². The smallest absolute Gasteiger partial charge is 0.251 e. The van der Waals surface area contributed by atoms with Crippen molar-refractivity contribution in [2.24, 2.45) is 0 Å². The SMILES string of the molecule is O=C(NC1(CO)CCCC1)c1ccc2cc(Br)ccc2c1. The van der Waals surface area contributed by atoms with E-state index in [1.165, 1.54) is 0 Å². The fourth-order valence-corrected chi connectivity index (χ4v) is 3.42. The normalized spacial score (nSPS) is 17.0. The van der Waals surface area contributed by atoms with Gasteiger partial charge in [0.2, 0.25) is 0 Å².